The van der Waals surface area contributed by atoms with Gasteiger partial charge in [-0.05, 0) is 28.8 Å². The number of rotatable bonds is 4. The monoisotopic (exact) mass is 347 g/mol. The van der Waals surface area contributed by atoms with Crippen LogP contribution >= 0.6 is 11.6 Å². The van der Waals surface area contributed by atoms with Crippen molar-refractivity contribution >= 4 is 39.8 Å². The first kappa shape index (κ1) is 15.9. The Labute approximate surface area is 141 Å². The zero-order valence-electron chi connectivity index (χ0n) is 12.0. The standard InChI is InChI=1S/C17H13ClO4S/c18-14-3-1-2-13(8-14)16-15(9-22-17(16)19)12-6-4-11(5-7-12)10-23(20)21/h1-8H,9-10H2,(H,20,21)/p-1. The van der Waals surface area contributed by atoms with Gasteiger partial charge in [0, 0.05) is 16.3 Å². The van der Waals surface area contributed by atoms with Gasteiger partial charge in [-0.1, -0.05) is 59.1 Å². The van der Waals surface area contributed by atoms with E-state index in [2.05, 4.69) is 0 Å². The summed E-state index contributed by atoms with van der Waals surface area (Å²) in [6.45, 7) is 0.188. The second-order valence-electron chi connectivity index (χ2n) is 5.09. The summed E-state index contributed by atoms with van der Waals surface area (Å²) in [7, 11) is 0. The van der Waals surface area contributed by atoms with Gasteiger partial charge in [0.15, 0.2) is 0 Å². The van der Waals surface area contributed by atoms with Crippen LogP contribution in [0.1, 0.15) is 16.7 Å². The molecule has 4 nitrogen and oxygen atoms in total. The van der Waals surface area contributed by atoms with E-state index in [4.69, 9.17) is 16.3 Å². The number of carbonyl (C=O) groups excluding carboxylic acids is 1. The zero-order valence-corrected chi connectivity index (χ0v) is 13.5. The van der Waals surface area contributed by atoms with Gasteiger partial charge in [-0.3, -0.25) is 4.21 Å². The van der Waals surface area contributed by atoms with Crippen molar-refractivity contribution in [3.05, 3.63) is 70.2 Å². The molecule has 0 aromatic heterocycles. The van der Waals surface area contributed by atoms with Crippen molar-refractivity contribution in [2.45, 2.75) is 5.75 Å². The van der Waals surface area contributed by atoms with E-state index >= 15 is 0 Å². The minimum atomic E-state index is -2.13. The molecule has 0 aliphatic carbocycles. The topological polar surface area (TPSA) is 66.4 Å². The van der Waals surface area contributed by atoms with Gasteiger partial charge in [-0.2, -0.15) is 0 Å². The zero-order chi connectivity index (χ0) is 16.4. The van der Waals surface area contributed by atoms with Gasteiger partial charge in [-0.25, -0.2) is 4.79 Å². The number of esters is 1. The van der Waals surface area contributed by atoms with Gasteiger partial charge >= 0.3 is 5.97 Å². The van der Waals surface area contributed by atoms with Crippen LogP contribution in [0.15, 0.2) is 48.5 Å². The lowest BCUT2D eigenvalue weighted by Gasteiger charge is -2.08. The molecule has 0 N–H and O–H groups in total. The molecule has 2 aromatic rings. The van der Waals surface area contributed by atoms with E-state index in [0.29, 0.717) is 21.7 Å². The first-order chi connectivity index (χ1) is 11.0. The number of hydrogen-bond donors (Lipinski definition) is 0. The van der Waals surface area contributed by atoms with E-state index in [9.17, 15) is 13.6 Å². The highest BCUT2D eigenvalue weighted by molar-refractivity contribution is 7.78. The summed E-state index contributed by atoms with van der Waals surface area (Å²) in [4.78, 5) is 12.1. The first-order valence-corrected chi connectivity index (χ1v) is 8.48. The van der Waals surface area contributed by atoms with Gasteiger partial charge in [0.05, 0.1) is 5.57 Å². The van der Waals surface area contributed by atoms with Crippen LogP contribution in [0.3, 0.4) is 0 Å². The molecule has 0 amide bonds. The molecule has 118 valence electrons. The maximum atomic E-state index is 12.1. The van der Waals surface area contributed by atoms with Crippen LogP contribution in [-0.2, 0) is 26.4 Å². The van der Waals surface area contributed by atoms with Crippen LogP contribution in [0.2, 0.25) is 5.02 Å². The van der Waals surface area contributed by atoms with Crippen LogP contribution in [0.4, 0.5) is 0 Å². The maximum Gasteiger partial charge on any atom is 0.339 e. The number of halogens is 1. The van der Waals surface area contributed by atoms with Crippen molar-refractivity contribution in [3.63, 3.8) is 0 Å². The summed E-state index contributed by atoms with van der Waals surface area (Å²) in [6.07, 6.45) is 0. The van der Waals surface area contributed by atoms with Crippen LogP contribution in [0, 0.1) is 0 Å². The van der Waals surface area contributed by atoms with Crippen molar-refractivity contribution in [2.75, 3.05) is 6.61 Å². The van der Waals surface area contributed by atoms with Crippen LogP contribution in [0.25, 0.3) is 11.1 Å². The predicted octanol–water partition coefficient (Wildman–Crippen LogP) is 3.19. The summed E-state index contributed by atoms with van der Waals surface area (Å²) < 4.78 is 26.6. The molecule has 2 aromatic carbocycles. The minimum absolute atomic E-state index is 0.0318. The molecule has 1 heterocycles. The van der Waals surface area contributed by atoms with E-state index in [1.165, 1.54) is 0 Å². The molecule has 3 rings (SSSR count). The van der Waals surface area contributed by atoms with Crippen molar-refractivity contribution in [1.29, 1.82) is 0 Å². The molecule has 1 aliphatic heterocycles. The van der Waals surface area contributed by atoms with E-state index in [1.54, 1.807) is 42.5 Å². The first-order valence-electron chi connectivity index (χ1n) is 6.86. The summed E-state index contributed by atoms with van der Waals surface area (Å²) >= 11 is 3.88. The number of benzene rings is 2. The lowest BCUT2D eigenvalue weighted by Crippen LogP contribution is -1.98. The average Bonchev–Trinajstić information content (AvgIpc) is 2.89. The average molecular weight is 348 g/mol. The van der Waals surface area contributed by atoms with Crippen LogP contribution in [-0.4, -0.2) is 21.3 Å². The molecule has 1 aliphatic rings. The number of carbonyl (C=O) groups is 1. The molecule has 1 unspecified atom stereocenters. The second-order valence-corrected chi connectivity index (χ2v) is 6.42. The molecule has 0 fully saturated rings. The van der Waals surface area contributed by atoms with E-state index in [-0.39, 0.29) is 18.3 Å². The molecule has 0 radical (unpaired) electrons. The second kappa shape index (κ2) is 6.66. The van der Waals surface area contributed by atoms with Gasteiger partial charge in [0.1, 0.15) is 6.61 Å². The maximum absolute atomic E-state index is 12.1. The highest BCUT2D eigenvalue weighted by Gasteiger charge is 2.27. The van der Waals surface area contributed by atoms with E-state index in [1.807, 2.05) is 6.07 Å². The van der Waals surface area contributed by atoms with Crippen LogP contribution < -0.4 is 0 Å². The Hall–Kier alpha value is -1.95. The smallest absolute Gasteiger partial charge is 0.339 e. The fraction of sp³-hybridized carbons (Fsp3) is 0.118. The molecule has 23 heavy (non-hydrogen) atoms. The van der Waals surface area contributed by atoms with Crippen molar-refractivity contribution < 1.29 is 18.3 Å². The molecular formula is C17H12ClO4S-. The fourth-order valence-corrected chi connectivity index (χ4v) is 3.16. The van der Waals surface area contributed by atoms with Crippen molar-refractivity contribution in [3.8, 4) is 0 Å². The quantitative estimate of drug-likeness (QED) is 0.629. The third-order valence-corrected chi connectivity index (χ3v) is 4.36. The Kier molecular flexibility index (Phi) is 4.61. The van der Waals surface area contributed by atoms with Crippen molar-refractivity contribution in [2.24, 2.45) is 0 Å². The van der Waals surface area contributed by atoms with E-state index in [0.717, 1.165) is 11.1 Å². The predicted molar refractivity (Wildman–Crippen MR) is 88.3 cm³/mol. The Morgan fingerprint density at radius 2 is 1.87 bits per heavy atom. The Morgan fingerprint density at radius 1 is 1.13 bits per heavy atom. The third kappa shape index (κ3) is 3.52. The Balaban J connectivity index is 2.01. The highest BCUT2D eigenvalue weighted by Crippen LogP contribution is 2.33. The lowest BCUT2D eigenvalue weighted by atomic mass is 9.96. The van der Waals surface area contributed by atoms with E-state index < -0.39 is 11.1 Å². The Morgan fingerprint density at radius 3 is 2.52 bits per heavy atom. The van der Waals surface area contributed by atoms with Gasteiger partial charge in [0.2, 0.25) is 0 Å². The lowest BCUT2D eigenvalue weighted by molar-refractivity contribution is -0.133. The largest absolute Gasteiger partial charge is 0.772 e. The molecule has 6 heteroatoms. The molecule has 0 saturated heterocycles. The molecule has 1 atom stereocenters. The summed E-state index contributed by atoms with van der Waals surface area (Å²) in [5, 5.41) is 0.544. The summed E-state index contributed by atoms with van der Waals surface area (Å²) in [6, 6.07) is 14.1. The number of hydrogen-bond acceptors (Lipinski definition) is 4. The molecule has 0 saturated carbocycles. The molecular weight excluding hydrogens is 336 g/mol. The fourth-order valence-electron chi connectivity index (χ4n) is 2.51. The van der Waals surface area contributed by atoms with Gasteiger partial charge < -0.3 is 9.29 Å². The van der Waals surface area contributed by atoms with Gasteiger partial charge in [-0.15, -0.1) is 0 Å². The summed E-state index contributed by atoms with van der Waals surface area (Å²) in [5.74, 6) is -0.414. The van der Waals surface area contributed by atoms with Crippen molar-refractivity contribution in [1.82, 2.24) is 0 Å². The Bertz CT molecular complexity index is 812. The molecule has 0 spiro atoms. The van der Waals surface area contributed by atoms with Gasteiger partial charge in [0.25, 0.3) is 0 Å². The normalized spacial score (nSPS) is 15.7. The SMILES string of the molecule is O=C1OCC(c2ccc(CS(=O)[O-])cc2)=C1c1cccc(Cl)c1. The highest BCUT2D eigenvalue weighted by atomic mass is 35.5. The summed E-state index contributed by atoms with van der Waals surface area (Å²) in [5.41, 5.74) is 3.49. The minimum Gasteiger partial charge on any atom is -0.772 e. The third-order valence-electron chi connectivity index (χ3n) is 3.55. The number of ether oxygens (including phenoxy) is 1. The molecule has 0 bridgehead atoms. The van der Waals surface area contributed by atoms with Crippen LogP contribution in [0.5, 0.6) is 0 Å². The number of cyclic esters (lactones) is 1.